The fourth-order valence-electron chi connectivity index (χ4n) is 3.63. The molecule has 146 valence electrons. The van der Waals surface area contributed by atoms with Gasteiger partial charge in [0.15, 0.2) is 5.82 Å². The van der Waals surface area contributed by atoms with Crippen molar-refractivity contribution in [3.05, 3.63) is 46.5 Å². The number of halogens is 1. The van der Waals surface area contributed by atoms with E-state index in [1.807, 2.05) is 0 Å². The first kappa shape index (κ1) is 18.9. The summed E-state index contributed by atoms with van der Waals surface area (Å²) in [6, 6.07) is 7.05. The number of methoxy groups -OCH3 is 1. The van der Waals surface area contributed by atoms with Gasteiger partial charge in [0.2, 0.25) is 10.0 Å². The van der Waals surface area contributed by atoms with Crippen LogP contribution >= 0.6 is 11.6 Å². The molecule has 4 rings (SSSR count). The van der Waals surface area contributed by atoms with Gasteiger partial charge in [-0.15, -0.1) is 0 Å². The van der Waals surface area contributed by atoms with E-state index in [1.165, 1.54) is 4.31 Å². The van der Waals surface area contributed by atoms with E-state index in [9.17, 15) is 8.42 Å². The maximum absolute atomic E-state index is 13.0. The molecule has 1 aliphatic carbocycles. The summed E-state index contributed by atoms with van der Waals surface area (Å²) in [6.45, 7) is 1.26. The molecule has 2 heterocycles. The van der Waals surface area contributed by atoms with E-state index in [-0.39, 0.29) is 17.6 Å². The van der Waals surface area contributed by atoms with Crippen LogP contribution < -0.4 is 0 Å². The third-order valence-electron chi connectivity index (χ3n) is 5.29. The van der Waals surface area contributed by atoms with E-state index >= 15 is 0 Å². The highest BCUT2D eigenvalue weighted by Gasteiger charge is 2.41. The number of benzene rings is 1. The van der Waals surface area contributed by atoms with Gasteiger partial charge in [-0.1, -0.05) is 29.8 Å². The van der Waals surface area contributed by atoms with Crippen LogP contribution in [-0.4, -0.2) is 54.7 Å². The summed E-state index contributed by atoms with van der Waals surface area (Å²) < 4.78 is 32.8. The number of sulfonamides is 1. The second kappa shape index (κ2) is 7.50. The van der Waals surface area contributed by atoms with E-state index in [1.54, 1.807) is 31.4 Å². The van der Waals surface area contributed by atoms with Crippen molar-refractivity contribution >= 4 is 21.6 Å². The zero-order chi connectivity index (χ0) is 19.0. The molecule has 7 nitrogen and oxygen atoms in total. The highest BCUT2D eigenvalue weighted by atomic mass is 35.5. The molecule has 0 unspecified atom stereocenters. The average molecular weight is 411 g/mol. The highest BCUT2D eigenvalue weighted by molar-refractivity contribution is 7.88. The average Bonchev–Trinajstić information content (AvgIpc) is 3.20. The third kappa shape index (κ3) is 4.03. The Kier molecular flexibility index (Phi) is 5.24. The molecule has 27 heavy (non-hydrogen) atoms. The number of H-pyrrole nitrogens is 1. The number of hydrogen-bond acceptors (Lipinski definition) is 5. The molecule has 1 aromatic heterocycles. The van der Waals surface area contributed by atoms with Gasteiger partial charge in [0.25, 0.3) is 0 Å². The van der Waals surface area contributed by atoms with Crippen LogP contribution in [0.4, 0.5) is 0 Å². The number of hydrogen-bond donors (Lipinski definition) is 1. The Hall–Kier alpha value is -1.48. The molecule has 1 saturated carbocycles. The van der Waals surface area contributed by atoms with Gasteiger partial charge in [0.05, 0.1) is 12.4 Å². The molecule has 1 aliphatic heterocycles. The van der Waals surface area contributed by atoms with Crippen molar-refractivity contribution in [3.63, 3.8) is 0 Å². The fraction of sp³-hybridized carbons (Fsp3) is 0.556. The Bertz CT molecular complexity index is 913. The smallest absolute Gasteiger partial charge is 0.218 e. The molecular formula is C18H23ClN4O3S. The second-order valence-corrected chi connectivity index (χ2v) is 9.72. The van der Waals surface area contributed by atoms with Crippen molar-refractivity contribution in [2.75, 3.05) is 26.8 Å². The molecule has 0 radical (unpaired) electrons. The van der Waals surface area contributed by atoms with Gasteiger partial charge in [-0.05, 0) is 24.5 Å². The summed E-state index contributed by atoms with van der Waals surface area (Å²) >= 11 is 6.15. The van der Waals surface area contributed by atoms with Crippen molar-refractivity contribution in [1.29, 1.82) is 0 Å². The summed E-state index contributed by atoms with van der Waals surface area (Å²) in [5.74, 6) is 1.94. The van der Waals surface area contributed by atoms with Crippen molar-refractivity contribution in [1.82, 2.24) is 19.5 Å². The van der Waals surface area contributed by atoms with Gasteiger partial charge in [-0.25, -0.2) is 17.7 Å². The topological polar surface area (TPSA) is 88.2 Å². The number of nitrogens with one attached hydrogen (secondary N) is 1. The van der Waals surface area contributed by atoms with Gasteiger partial charge < -0.3 is 4.74 Å². The van der Waals surface area contributed by atoms with Crippen LogP contribution in [0.15, 0.2) is 24.3 Å². The van der Waals surface area contributed by atoms with E-state index in [4.69, 9.17) is 16.3 Å². The van der Waals surface area contributed by atoms with Gasteiger partial charge >= 0.3 is 0 Å². The number of rotatable bonds is 7. The molecule has 2 atom stereocenters. The number of ether oxygens (including phenoxy) is 1. The predicted octanol–water partition coefficient (Wildman–Crippen LogP) is 2.53. The van der Waals surface area contributed by atoms with Crippen LogP contribution in [-0.2, 0) is 20.5 Å². The van der Waals surface area contributed by atoms with E-state index in [0.717, 1.165) is 24.5 Å². The Morgan fingerprint density at radius 1 is 1.30 bits per heavy atom. The van der Waals surface area contributed by atoms with Crippen molar-refractivity contribution in [2.24, 2.45) is 5.92 Å². The summed E-state index contributed by atoms with van der Waals surface area (Å²) in [5, 5.41) is 7.82. The predicted molar refractivity (Wildman–Crippen MR) is 102 cm³/mol. The molecule has 9 heteroatoms. The molecular weight excluding hydrogens is 388 g/mol. The van der Waals surface area contributed by atoms with Gasteiger partial charge in [0.1, 0.15) is 5.82 Å². The molecule has 1 saturated heterocycles. The number of aromatic nitrogens is 3. The molecule has 0 amide bonds. The number of nitrogens with zero attached hydrogens (tertiary/aromatic N) is 3. The van der Waals surface area contributed by atoms with Crippen LogP contribution in [0.2, 0.25) is 5.02 Å². The van der Waals surface area contributed by atoms with E-state index in [0.29, 0.717) is 36.2 Å². The zero-order valence-corrected chi connectivity index (χ0v) is 16.7. The lowest BCUT2D eigenvalue weighted by Gasteiger charge is -2.16. The van der Waals surface area contributed by atoms with Gasteiger partial charge in [-0.2, -0.15) is 5.10 Å². The molecule has 1 aromatic carbocycles. The lowest BCUT2D eigenvalue weighted by Crippen LogP contribution is -2.30. The maximum Gasteiger partial charge on any atom is 0.218 e. The highest BCUT2D eigenvalue weighted by Crippen LogP contribution is 2.39. The molecule has 2 fully saturated rings. The summed E-state index contributed by atoms with van der Waals surface area (Å²) in [6.07, 6.45) is 2.25. The van der Waals surface area contributed by atoms with Crippen LogP contribution in [0.3, 0.4) is 0 Å². The summed E-state index contributed by atoms with van der Waals surface area (Å²) in [7, 11) is -1.86. The first-order chi connectivity index (χ1) is 13.0. The molecule has 0 bridgehead atoms. The van der Waals surface area contributed by atoms with E-state index in [2.05, 4.69) is 15.2 Å². The van der Waals surface area contributed by atoms with E-state index < -0.39 is 10.0 Å². The molecule has 1 N–H and O–H groups in total. The van der Waals surface area contributed by atoms with Crippen LogP contribution in [0, 0.1) is 5.92 Å². The van der Waals surface area contributed by atoms with Crippen LogP contribution in [0.5, 0.6) is 0 Å². The molecule has 2 aliphatic rings. The summed E-state index contributed by atoms with van der Waals surface area (Å²) in [4.78, 5) is 4.64. The zero-order valence-electron chi connectivity index (χ0n) is 15.1. The largest absolute Gasteiger partial charge is 0.384 e. The Morgan fingerprint density at radius 3 is 2.78 bits per heavy atom. The lowest BCUT2D eigenvalue weighted by molar-refractivity contribution is 0.150. The standard InChI is InChI=1S/C18H23ClN4O3S/c1-26-10-14-8-23(27(24,25)11-13-4-2-3-5-16(13)19)9-15(14)18-20-17(21-22-18)12-6-7-12/h2-5,12,14-15H,6-11H2,1H3,(H,20,21,22)/t14-,15+/m0/s1. The SMILES string of the molecule is COC[C@@H]1CN(S(=O)(=O)Cc2ccccc2Cl)C[C@H]1c1nc(C2CC2)n[nH]1. The Morgan fingerprint density at radius 2 is 2.07 bits per heavy atom. The first-order valence-electron chi connectivity index (χ1n) is 9.10. The normalized spacial score (nSPS) is 23.8. The minimum absolute atomic E-state index is 0.0380. The quantitative estimate of drug-likeness (QED) is 0.757. The van der Waals surface area contributed by atoms with Crippen molar-refractivity contribution < 1.29 is 13.2 Å². The van der Waals surface area contributed by atoms with Crippen molar-refractivity contribution in [3.8, 4) is 0 Å². The monoisotopic (exact) mass is 410 g/mol. The van der Waals surface area contributed by atoms with Crippen molar-refractivity contribution in [2.45, 2.75) is 30.4 Å². The van der Waals surface area contributed by atoms with Crippen LogP contribution in [0.1, 0.15) is 41.9 Å². The third-order valence-corrected chi connectivity index (χ3v) is 7.42. The van der Waals surface area contributed by atoms with Gasteiger partial charge in [-0.3, -0.25) is 5.10 Å². The summed E-state index contributed by atoms with van der Waals surface area (Å²) in [5.41, 5.74) is 0.613. The number of aromatic amines is 1. The first-order valence-corrected chi connectivity index (χ1v) is 11.1. The Labute approximate surface area is 164 Å². The lowest BCUT2D eigenvalue weighted by atomic mass is 9.96. The molecule has 0 spiro atoms. The fourth-order valence-corrected chi connectivity index (χ4v) is 5.55. The van der Waals surface area contributed by atoms with Gasteiger partial charge in [0, 0.05) is 43.0 Å². The maximum atomic E-state index is 13.0. The minimum atomic E-state index is -3.49. The molecule has 2 aromatic rings. The van der Waals surface area contributed by atoms with Crippen LogP contribution in [0.25, 0.3) is 0 Å². The second-order valence-electron chi connectivity index (χ2n) is 7.34. The Balaban J connectivity index is 1.53. The minimum Gasteiger partial charge on any atom is -0.384 e.